The van der Waals surface area contributed by atoms with Crippen molar-refractivity contribution in [2.45, 2.75) is 26.3 Å². The predicted molar refractivity (Wildman–Crippen MR) is 81.9 cm³/mol. The monoisotopic (exact) mass is 300 g/mol. The van der Waals surface area contributed by atoms with Gasteiger partial charge in [0.25, 0.3) is 0 Å². The predicted octanol–water partition coefficient (Wildman–Crippen LogP) is 1.66. The minimum atomic E-state index is 0.117. The van der Waals surface area contributed by atoms with Gasteiger partial charge in [-0.2, -0.15) is 4.98 Å². The molecule has 0 saturated carbocycles. The fraction of sp³-hybridized carbons (Fsp3) is 0.438. The lowest BCUT2D eigenvalue weighted by atomic mass is 10.0. The number of benzene rings is 1. The third-order valence-corrected chi connectivity index (χ3v) is 3.87. The van der Waals surface area contributed by atoms with Gasteiger partial charge in [0.05, 0.1) is 0 Å². The highest BCUT2D eigenvalue weighted by Crippen LogP contribution is 2.16. The molecular formula is C16H20N4O2. The number of nitrogens with zero attached hydrogens (tertiary/aromatic N) is 2. The van der Waals surface area contributed by atoms with Crippen LogP contribution in [0.25, 0.3) is 11.4 Å². The Balaban J connectivity index is 1.51. The lowest BCUT2D eigenvalue weighted by Gasteiger charge is -2.09. The van der Waals surface area contributed by atoms with Gasteiger partial charge in [0.2, 0.25) is 17.6 Å². The highest BCUT2D eigenvalue weighted by Gasteiger charge is 2.17. The van der Waals surface area contributed by atoms with E-state index in [9.17, 15) is 4.79 Å². The lowest BCUT2D eigenvalue weighted by Crippen LogP contribution is -2.25. The van der Waals surface area contributed by atoms with E-state index in [1.165, 1.54) is 0 Å². The van der Waals surface area contributed by atoms with E-state index in [1.807, 2.05) is 24.3 Å². The molecule has 1 aromatic carbocycles. The first kappa shape index (κ1) is 14.7. The maximum absolute atomic E-state index is 11.9. The first-order valence-corrected chi connectivity index (χ1v) is 7.58. The summed E-state index contributed by atoms with van der Waals surface area (Å²) in [6.45, 7) is 4.28. The molecule has 1 atom stereocenters. The van der Waals surface area contributed by atoms with Gasteiger partial charge >= 0.3 is 0 Å². The van der Waals surface area contributed by atoms with Gasteiger partial charge < -0.3 is 15.2 Å². The third-order valence-electron chi connectivity index (χ3n) is 3.87. The van der Waals surface area contributed by atoms with Gasteiger partial charge in [-0.05, 0) is 31.0 Å². The average molecular weight is 300 g/mol. The van der Waals surface area contributed by atoms with E-state index in [-0.39, 0.29) is 5.91 Å². The van der Waals surface area contributed by atoms with Crippen LogP contribution in [0.1, 0.15) is 24.3 Å². The molecule has 0 bridgehead atoms. The number of amides is 1. The molecule has 1 aliphatic rings. The minimum Gasteiger partial charge on any atom is -0.352 e. The molecule has 1 aliphatic heterocycles. The average Bonchev–Trinajstić information content (AvgIpc) is 3.17. The van der Waals surface area contributed by atoms with Gasteiger partial charge in [0, 0.05) is 25.5 Å². The van der Waals surface area contributed by atoms with Gasteiger partial charge in [-0.1, -0.05) is 29.4 Å². The Bertz CT molecular complexity index is 630. The lowest BCUT2D eigenvalue weighted by molar-refractivity contribution is -0.122. The minimum absolute atomic E-state index is 0.117. The van der Waals surface area contributed by atoms with Crippen molar-refractivity contribution < 1.29 is 9.32 Å². The summed E-state index contributed by atoms with van der Waals surface area (Å²) in [5.74, 6) is 1.73. The summed E-state index contributed by atoms with van der Waals surface area (Å²) in [6.07, 6.45) is 1.69. The number of hydrogen-bond donors (Lipinski definition) is 2. The number of aromatic nitrogens is 2. The zero-order chi connectivity index (χ0) is 15.4. The number of carbonyl (C=O) groups excluding carboxylic acids is 1. The van der Waals surface area contributed by atoms with E-state index in [0.29, 0.717) is 30.6 Å². The molecule has 0 aliphatic carbocycles. The van der Waals surface area contributed by atoms with Crippen molar-refractivity contribution in [2.24, 2.45) is 5.92 Å². The van der Waals surface area contributed by atoms with Crippen molar-refractivity contribution in [3.05, 3.63) is 35.7 Å². The number of aryl methyl sites for hydroxylation is 1. The molecule has 1 amide bonds. The summed E-state index contributed by atoms with van der Waals surface area (Å²) in [6, 6.07) is 7.82. The van der Waals surface area contributed by atoms with Crippen LogP contribution in [0.2, 0.25) is 0 Å². The molecule has 22 heavy (non-hydrogen) atoms. The Morgan fingerprint density at radius 2 is 2.23 bits per heavy atom. The van der Waals surface area contributed by atoms with Crippen LogP contribution in [0.5, 0.6) is 0 Å². The molecule has 1 saturated heterocycles. The number of nitrogens with one attached hydrogen (secondary N) is 2. The first-order valence-electron chi connectivity index (χ1n) is 7.58. The summed E-state index contributed by atoms with van der Waals surface area (Å²) >= 11 is 0. The van der Waals surface area contributed by atoms with Crippen molar-refractivity contribution in [1.29, 1.82) is 0 Å². The zero-order valence-electron chi connectivity index (χ0n) is 12.6. The molecule has 3 rings (SSSR count). The molecule has 2 N–H and O–H groups in total. The Morgan fingerprint density at radius 1 is 1.41 bits per heavy atom. The summed E-state index contributed by atoms with van der Waals surface area (Å²) < 4.78 is 4.97. The molecule has 1 aromatic heterocycles. The van der Waals surface area contributed by atoms with Crippen LogP contribution in [0, 0.1) is 12.8 Å². The topological polar surface area (TPSA) is 80.0 Å². The SMILES string of the molecule is Cc1nc(-c2ccc(CNC(=O)C[C@H]3CCNC3)cc2)no1. The molecule has 0 radical (unpaired) electrons. The molecular weight excluding hydrogens is 280 g/mol. The molecule has 6 heteroatoms. The van der Waals surface area contributed by atoms with E-state index in [0.717, 1.165) is 30.6 Å². The summed E-state index contributed by atoms with van der Waals surface area (Å²) in [4.78, 5) is 16.1. The van der Waals surface area contributed by atoms with E-state index in [2.05, 4.69) is 20.8 Å². The van der Waals surface area contributed by atoms with Crippen molar-refractivity contribution in [2.75, 3.05) is 13.1 Å². The first-order chi connectivity index (χ1) is 10.7. The fourth-order valence-electron chi connectivity index (χ4n) is 2.61. The Kier molecular flexibility index (Phi) is 4.48. The van der Waals surface area contributed by atoms with Crippen LogP contribution in [0.4, 0.5) is 0 Å². The maximum Gasteiger partial charge on any atom is 0.223 e. The highest BCUT2D eigenvalue weighted by molar-refractivity contribution is 5.76. The Morgan fingerprint density at radius 3 is 2.86 bits per heavy atom. The van der Waals surface area contributed by atoms with Gasteiger partial charge in [0.15, 0.2) is 0 Å². The van der Waals surface area contributed by atoms with Crippen LogP contribution in [-0.2, 0) is 11.3 Å². The van der Waals surface area contributed by atoms with Crippen LogP contribution in [0.15, 0.2) is 28.8 Å². The molecule has 0 unspecified atom stereocenters. The van der Waals surface area contributed by atoms with E-state index in [1.54, 1.807) is 6.92 Å². The van der Waals surface area contributed by atoms with Gasteiger partial charge in [0.1, 0.15) is 0 Å². The Labute approximate surface area is 129 Å². The summed E-state index contributed by atoms with van der Waals surface area (Å²) in [7, 11) is 0. The largest absolute Gasteiger partial charge is 0.352 e. The molecule has 6 nitrogen and oxygen atoms in total. The normalized spacial score (nSPS) is 17.6. The van der Waals surface area contributed by atoms with Crippen molar-refractivity contribution in [3.8, 4) is 11.4 Å². The maximum atomic E-state index is 11.9. The Hall–Kier alpha value is -2.21. The number of carbonyl (C=O) groups is 1. The van der Waals surface area contributed by atoms with Crippen molar-refractivity contribution in [1.82, 2.24) is 20.8 Å². The quantitative estimate of drug-likeness (QED) is 0.878. The zero-order valence-corrected chi connectivity index (χ0v) is 12.6. The highest BCUT2D eigenvalue weighted by atomic mass is 16.5. The molecule has 2 heterocycles. The van der Waals surface area contributed by atoms with Crippen LogP contribution < -0.4 is 10.6 Å². The molecule has 2 aromatic rings. The number of rotatable bonds is 5. The second-order valence-corrected chi connectivity index (χ2v) is 5.67. The molecule has 116 valence electrons. The molecule has 0 spiro atoms. The third kappa shape index (κ3) is 3.71. The van der Waals surface area contributed by atoms with E-state index in [4.69, 9.17) is 4.52 Å². The summed E-state index contributed by atoms with van der Waals surface area (Å²) in [5.41, 5.74) is 1.96. The van der Waals surface area contributed by atoms with Gasteiger partial charge in [-0.3, -0.25) is 4.79 Å². The van der Waals surface area contributed by atoms with Gasteiger partial charge in [-0.25, -0.2) is 0 Å². The van der Waals surface area contributed by atoms with Gasteiger partial charge in [-0.15, -0.1) is 0 Å². The fourth-order valence-corrected chi connectivity index (χ4v) is 2.61. The summed E-state index contributed by atoms with van der Waals surface area (Å²) in [5, 5.41) is 10.1. The van der Waals surface area contributed by atoms with Crippen LogP contribution >= 0.6 is 0 Å². The second-order valence-electron chi connectivity index (χ2n) is 5.67. The standard InChI is InChI=1S/C16H20N4O2/c1-11-19-16(20-22-11)14-4-2-12(3-5-14)10-18-15(21)8-13-6-7-17-9-13/h2-5,13,17H,6-10H2,1H3,(H,18,21)/t13-/m1/s1. The van der Waals surface area contributed by atoms with Crippen LogP contribution in [0.3, 0.4) is 0 Å². The number of hydrogen-bond acceptors (Lipinski definition) is 5. The van der Waals surface area contributed by atoms with Crippen LogP contribution in [-0.4, -0.2) is 29.1 Å². The van der Waals surface area contributed by atoms with E-state index >= 15 is 0 Å². The smallest absolute Gasteiger partial charge is 0.223 e. The van der Waals surface area contributed by atoms with E-state index < -0.39 is 0 Å². The van der Waals surface area contributed by atoms with Crippen molar-refractivity contribution >= 4 is 5.91 Å². The molecule has 1 fully saturated rings. The second kappa shape index (κ2) is 6.70. The van der Waals surface area contributed by atoms with Crippen molar-refractivity contribution in [3.63, 3.8) is 0 Å².